The van der Waals surface area contributed by atoms with Crippen LogP contribution < -0.4 is 4.74 Å². The molecule has 0 fully saturated rings. The molecule has 0 saturated carbocycles. The predicted octanol–water partition coefficient (Wildman–Crippen LogP) is 2.44. The second kappa shape index (κ2) is 4.91. The number of carbonyl (C=O) groups is 1. The Balaban J connectivity index is 2.27. The highest BCUT2D eigenvalue weighted by Gasteiger charge is 2.42. The van der Waals surface area contributed by atoms with Gasteiger partial charge in [-0.2, -0.15) is 0 Å². The average Bonchev–Trinajstić information content (AvgIpc) is 2.73. The highest BCUT2D eigenvalue weighted by Crippen LogP contribution is 2.30. The largest absolute Gasteiger partial charge is 0.490 e. The summed E-state index contributed by atoms with van der Waals surface area (Å²) in [6.07, 6.45) is 0.260. The molecule has 0 unspecified atom stereocenters. The third-order valence-corrected chi connectivity index (χ3v) is 2.88. The van der Waals surface area contributed by atoms with Gasteiger partial charge < -0.3 is 14.7 Å². The number of hydrogen-bond donors (Lipinski definition) is 1. The van der Waals surface area contributed by atoms with Gasteiger partial charge in [0.2, 0.25) is 5.60 Å². The minimum absolute atomic E-state index is 0.0370. The van der Waals surface area contributed by atoms with Crippen LogP contribution in [-0.2, 0) is 9.63 Å². The molecule has 2 rings (SSSR count). The van der Waals surface area contributed by atoms with Crippen molar-refractivity contribution in [2.24, 2.45) is 5.16 Å². The van der Waals surface area contributed by atoms with Crippen LogP contribution in [0.5, 0.6) is 5.75 Å². The van der Waals surface area contributed by atoms with Crippen molar-refractivity contribution in [2.75, 3.05) is 0 Å². The van der Waals surface area contributed by atoms with Crippen LogP contribution in [0.1, 0.15) is 32.8 Å². The fourth-order valence-electron chi connectivity index (χ4n) is 1.86. The van der Waals surface area contributed by atoms with E-state index in [1.165, 1.54) is 6.92 Å². The zero-order valence-corrected chi connectivity index (χ0v) is 11.2. The first-order chi connectivity index (χ1) is 8.92. The van der Waals surface area contributed by atoms with E-state index < -0.39 is 11.6 Å². The van der Waals surface area contributed by atoms with Crippen LogP contribution >= 0.6 is 0 Å². The van der Waals surface area contributed by atoms with Gasteiger partial charge in [-0.15, -0.1) is 0 Å². The molecular weight excluding hydrogens is 246 g/mol. The second-order valence-corrected chi connectivity index (χ2v) is 5.00. The summed E-state index contributed by atoms with van der Waals surface area (Å²) in [5, 5.41) is 13.0. The summed E-state index contributed by atoms with van der Waals surface area (Å²) in [6.45, 7) is 5.38. The van der Waals surface area contributed by atoms with Gasteiger partial charge in [-0.05, 0) is 32.9 Å². The molecule has 1 aromatic carbocycles. The molecule has 0 aromatic heterocycles. The van der Waals surface area contributed by atoms with Crippen molar-refractivity contribution in [1.82, 2.24) is 0 Å². The number of rotatable bonds is 4. The van der Waals surface area contributed by atoms with Crippen LogP contribution in [0.15, 0.2) is 29.4 Å². The fraction of sp³-hybridized carbons (Fsp3) is 0.429. The molecule has 1 aromatic rings. The molecule has 5 heteroatoms. The van der Waals surface area contributed by atoms with Crippen molar-refractivity contribution < 1.29 is 19.5 Å². The predicted molar refractivity (Wildman–Crippen MR) is 70.5 cm³/mol. The van der Waals surface area contributed by atoms with Crippen molar-refractivity contribution in [3.05, 3.63) is 29.8 Å². The summed E-state index contributed by atoms with van der Waals surface area (Å²) >= 11 is 0. The molecule has 0 radical (unpaired) electrons. The summed E-state index contributed by atoms with van der Waals surface area (Å²) < 4.78 is 5.70. The number of ether oxygens (including phenoxy) is 1. The minimum Gasteiger partial charge on any atom is -0.490 e. The maximum absolute atomic E-state index is 11.1. The lowest BCUT2D eigenvalue weighted by molar-refractivity contribution is -0.160. The van der Waals surface area contributed by atoms with E-state index in [0.717, 1.165) is 5.56 Å². The first-order valence-corrected chi connectivity index (χ1v) is 6.17. The highest BCUT2D eigenvalue weighted by molar-refractivity contribution is 6.06. The van der Waals surface area contributed by atoms with Crippen molar-refractivity contribution >= 4 is 11.7 Å². The van der Waals surface area contributed by atoms with Gasteiger partial charge in [-0.3, -0.25) is 0 Å². The van der Waals surface area contributed by atoms with Gasteiger partial charge in [0.05, 0.1) is 11.8 Å². The molecule has 1 atom stereocenters. The van der Waals surface area contributed by atoms with Crippen molar-refractivity contribution in [1.29, 1.82) is 0 Å². The van der Waals surface area contributed by atoms with Gasteiger partial charge in [0.25, 0.3) is 0 Å². The smallest absolute Gasteiger partial charge is 0.351 e. The number of hydrogen-bond acceptors (Lipinski definition) is 4. The Morgan fingerprint density at radius 3 is 2.74 bits per heavy atom. The maximum atomic E-state index is 11.1. The summed E-state index contributed by atoms with van der Waals surface area (Å²) in [6, 6.07) is 7.43. The summed E-state index contributed by atoms with van der Waals surface area (Å²) in [4.78, 5) is 16.2. The molecule has 0 spiro atoms. The van der Waals surface area contributed by atoms with E-state index in [9.17, 15) is 4.79 Å². The number of carboxylic acid groups (broad SMARTS) is 1. The lowest BCUT2D eigenvalue weighted by atomic mass is 9.96. The van der Waals surface area contributed by atoms with Crippen molar-refractivity contribution in [3.63, 3.8) is 0 Å². The Hall–Kier alpha value is -2.04. The first-order valence-electron chi connectivity index (χ1n) is 6.17. The number of carboxylic acids is 1. The molecule has 0 bridgehead atoms. The Morgan fingerprint density at radius 1 is 1.47 bits per heavy atom. The molecular formula is C14H17NO4. The molecule has 1 aliphatic rings. The molecule has 102 valence electrons. The van der Waals surface area contributed by atoms with Gasteiger partial charge in [-0.1, -0.05) is 17.3 Å². The van der Waals surface area contributed by atoms with Crippen LogP contribution in [0.2, 0.25) is 0 Å². The Morgan fingerprint density at radius 2 is 2.16 bits per heavy atom. The maximum Gasteiger partial charge on any atom is 0.351 e. The second-order valence-electron chi connectivity index (χ2n) is 5.00. The lowest BCUT2D eigenvalue weighted by Crippen LogP contribution is -2.35. The van der Waals surface area contributed by atoms with E-state index in [4.69, 9.17) is 14.7 Å². The van der Waals surface area contributed by atoms with E-state index in [0.29, 0.717) is 11.5 Å². The highest BCUT2D eigenvalue weighted by atomic mass is 16.7. The van der Waals surface area contributed by atoms with Crippen LogP contribution in [0, 0.1) is 0 Å². The number of benzene rings is 1. The zero-order valence-electron chi connectivity index (χ0n) is 11.2. The van der Waals surface area contributed by atoms with E-state index in [-0.39, 0.29) is 12.5 Å². The lowest BCUT2D eigenvalue weighted by Gasteiger charge is -2.16. The number of oxime groups is 1. The monoisotopic (exact) mass is 263 g/mol. The molecule has 0 saturated heterocycles. The minimum atomic E-state index is -1.29. The fourth-order valence-corrected chi connectivity index (χ4v) is 1.86. The van der Waals surface area contributed by atoms with Crippen LogP contribution in [0.3, 0.4) is 0 Å². The van der Waals surface area contributed by atoms with E-state index >= 15 is 0 Å². The summed E-state index contributed by atoms with van der Waals surface area (Å²) in [7, 11) is 0. The molecule has 5 nitrogen and oxygen atoms in total. The van der Waals surface area contributed by atoms with E-state index in [1.54, 1.807) is 0 Å². The van der Waals surface area contributed by atoms with E-state index in [2.05, 4.69) is 5.16 Å². The standard InChI is InChI=1S/C14H17NO4/c1-9(2)18-12-7-5-4-6-10(12)11-8-14(3,13(16)17)19-15-11/h4-7,9H,8H2,1-3H3,(H,16,17)/t14-/m0/s1. The average molecular weight is 263 g/mol. The van der Waals surface area contributed by atoms with Gasteiger partial charge in [0, 0.05) is 12.0 Å². The zero-order chi connectivity index (χ0) is 14.0. The Labute approximate surface area is 111 Å². The quantitative estimate of drug-likeness (QED) is 0.906. The third-order valence-electron chi connectivity index (χ3n) is 2.88. The Bertz CT molecular complexity index is 524. The number of para-hydroxylation sites is 1. The Kier molecular flexibility index (Phi) is 3.46. The molecule has 1 N–H and O–H groups in total. The number of nitrogens with zero attached hydrogens (tertiary/aromatic N) is 1. The topological polar surface area (TPSA) is 68.1 Å². The molecule has 0 aliphatic carbocycles. The molecule has 1 heterocycles. The summed E-state index contributed by atoms with van der Waals surface area (Å²) in [5.41, 5.74) is 0.0858. The van der Waals surface area contributed by atoms with Gasteiger partial charge >= 0.3 is 5.97 Å². The SMILES string of the molecule is CC(C)Oc1ccccc1C1=NO[C@](C)(C(=O)O)C1. The molecule has 1 aliphatic heterocycles. The van der Waals surface area contributed by atoms with Crippen LogP contribution in [0.4, 0.5) is 0 Å². The van der Waals surface area contributed by atoms with Gasteiger partial charge in [-0.25, -0.2) is 4.79 Å². The van der Waals surface area contributed by atoms with Gasteiger partial charge in [0.1, 0.15) is 5.75 Å². The van der Waals surface area contributed by atoms with Crippen LogP contribution in [-0.4, -0.2) is 28.5 Å². The first kappa shape index (κ1) is 13.4. The third kappa shape index (κ3) is 2.70. The molecule has 19 heavy (non-hydrogen) atoms. The number of aliphatic carboxylic acids is 1. The normalized spacial score (nSPS) is 22.0. The van der Waals surface area contributed by atoms with Crippen LogP contribution in [0.25, 0.3) is 0 Å². The van der Waals surface area contributed by atoms with Gasteiger partial charge in [0.15, 0.2) is 0 Å². The van der Waals surface area contributed by atoms with Crippen molar-refractivity contribution in [2.45, 2.75) is 38.9 Å². The van der Waals surface area contributed by atoms with E-state index in [1.807, 2.05) is 38.1 Å². The molecule has 0 amide bonds. The summed E-state index contributed by atoms with van der Waals surface area (Å²) in [5.74, 6) is -0.331. The van der Waals surface area contributed by atoms with Crippen molar-refractivity contribution in [3.8, 4) is 5.75 Å².